The molecular formula is C27H24O2. The third-order valence-electron chi connectivity index (χ3n) is 4.99. The highest BCUT2D eigenvalue weighted by molar-refractivity contribution is 5.74. The third kappa shape index (κ3) is 4.74. The first-order valence-electron chi connectivity index (χ1n) is 9.90. The Bertz CT molecular complexity index is 1060. The largest absolute Gasteiger partial charge is 0.489 e. The molecule has 0 aliphatic heterocycles. The smallest absolute Gasteiger partial charge is 0.120 e. The van der Waals surface area contributed by atoms with Gasteiger partial charge in [-0.3, -0.25) is 0 Å². The van der Waals surface area contributed by atoms with Crippen LogP contribution in [0.5, 0.6) is 5.75 Å². The van der Waals surface area contributed by atoms with E-state index in [0.29, 0.717) is 13.0 Å². The summed E-state index contributed by atoms with van der Waals surface area (Å²) in [6, 6.07) is 35.1. The molecule has 2 nitrogen and oxygen atoms in total. The summed E-state index contributed by atoms with van der Waals surface area (Å²) in [5, 5.41) is 9.59. The second-order valence-electron chi connectivity index (χ2n) is 7.01. The minimum atomic E-state index is 0.120. The number of hydrogen-bond donors (Lipinski definition) is 1. The number of hydrogen-bond acceptors (Lipinski definition) is 2. The molecule has 1 N–H and O–H groups in total. The molecule has 0 aliphatic rings. The van der Waals surface area contributed by atoms with Crippen LogP contribution < -0.4 is 4.74 Å². The molecule has 4 aromatic carbocycles. The highest BCUT2D eigenvalue weighted by atomic mass is 16.5. The summed E-state index contributed by atoms with van der Waals surface area (Å²) in [5.41, 5.74) is 6.84. The monoisotopic (exact) mass is 380 g/mol. The van der Waals surface area contributed by atoms with Gasteiger partial charge in [0.2, 0.25) is 0 Å². The topological polar surface area (TPSA) is 29.5 Å². The molecule has 2 heteroatoms. The van der Waals surface area contributed by atoms with E-state index in [9.17, 15) is 5.11 Å². The first-order chi connectivity index (χ1) is 14.3. The Balaban J connectivity index is 1.61. The lowest BCUT2D eigenvalue weighted by atomic mass is 9.93. The predicted octanol–water partition coefficient (Wildman–Crippen LogP) is 6.13. The first kappa shape index (κ1) is 19.0. The van der Waals surface area contributed by atoms with Gasteiger partial charge in [0.25, 0.3) is 0 Å². The van der Waals surface area contributed by atoms with E-state index < -0.39 is 0 Å². The van der Waals surface area contributed by atoms with Crippen LogP contribution in [0.4, 0.5) is 0 Å². The third-order valence-corrected chi connectivity index (χ3v) is 4.99. The fraction of sp³-hybridized carbons (Fsp3) is 0.111. The Morgan fingerprint density at radius 3 is 2.10 bits per heavy atom. The predicted molar refractivity (Wildman–Crippen MR) is 119 cm³/mol. The van der Waals surface area contributed by atoms with E-state index in [2.05, 4.69) is 54.6 Å². The average molecular weight is 380 g/mol. The van der Waals surface area contributed by atoms with Crippen molar-refractivity contribution in [2.45, 2.75) is 13.0 Å². The maximum Gasteiger partial charge on any atom is 0.120 e. The maximum atomic E-state index is 9.59. The minimum absolute atomic E-state index is 0.120. The Morgan fingerprint density at radius 2 is 1.34 bits per heavy atom. The molecule has 0 fully saturated rings. The molecule has 0 saturated carbocycles. The standard InChI is InChI=1S/C27H24O2/c28-17-16-25-18-23(22-10-5-2-6-11-22)14-15-27(25)24-12-7-13-26(19-24)29-20-21-8-3-1-4-9-21/h1-15,18-19,28H,16-17,20H2. The number of aliphatic hydroxyl groups is 1. The van der Waals surface area contributed by atoms with Gasteiger partial charge in [-0.15, -0.1) is 0 Å². The van der Waals surface area contributed by atoms with E-state index in [4.69, 9.17) is 4.74 Å². The van der Waals surface area contributed by atoms with Crippen molar-refractivity contribution in [2.75, 3.05) is 6.61 Å². The number of ether oxygens (including phenoxy) is 1. The van der Waals surface area contributed by atoms with Crippen LogP contribution >= 0.6 is 0 Å². The summed E-state index contributed by atoms with van der Waals surface area (Å²) in [4.78, 5) is 0. The zero-order chi connectivity index (χ0) is 19.9. The van der Waals surface area contributed by atoms with Crippen molar-refractivity contribution in [3.05, 3.63) is 114 Å². The van der Waals surface area contributed by atoms with Crippen molar-refractivity contribution in [2.24, 2.45) is 0 Å². The summed E-state index contributed by atoms with van der Waals surface area (Å²) >= 11 is 0. The molecule has 4 aromatic rings. The van der Waals surface area contributed by atoms with Gasteiger partial charge in [0.1, 0.15) is 12.4 Å². The van der Waals surface area contributed by atoms with E-state index in [1.54, 1.807) is 0 Å². The fourth-order valence-corrected chi connectivity index (χ4v) is 3.51. The zero-order valence-corrected chi connectivity index (χ0v) is 16.3. The van der Waals surface area contributed by atoms with Gasteiger partial charge in [0.05, 0.1) is 0 Å². The molecule has 0 atom stereocenters. The van der Waals surface area contributed by atoms with Gasteiger partial charge in [-0.2, -0.15) is 0 Å². The quantitative estimate of drug-likeness (QED) is 0.418. The Morgan fingerprint density at radius 1 is 0.621 bits per heavy atom. The van der Waals surface area contributed by atoms with Crippen LogP contribution in [0.1, 0.15) is 11.1 Å². The molecule has 0 unspecified atom stereocenters. The second-order valence-corrected chi connectivity index (χ2v) is 7.01. The molecule has 0 bridgehead atoms. The van der Waals surface area contributed by atoms with Crippen LogP contribution in [0.15, 0.2) is 103 Å². The lowest BCUT2D eigenvalue weighted by molar-refractivity contribution is 0.300. The average Bonchev–Trinajstić information content (AvgIpc) is 2.79. The SMILES string of the molecule is OCCc1cc(-c2ccccc2)ccc1-c1cccc(OCc2ccccc2)c1. The minimum Gasteiger partial charge on any atom is -0.489 e. The second kappa shape index (κ2) is 9.22. The van der Waals surface area contributed by atoms with E-state index in [0.717, 1.165) is 33.6 Å². The Kier molecular flexibility index (Phi) is 6.04. The Hall–Kier alpha value is -3.36. The van der Waals surface area contributed by atoms with Crippen LogP contribution in [0, 0.1) is 0 Å². The van der Waals surface area contributed by atoms with Crippen molar-refractivity contribution in [1.29, 1.82) is 0 Å². The summed E-state index contributed by atoms with van der Waals surface area (Å²) < 4.78 is 6.00. The van der Waals surface area contributed by atoms with Crippen molar-refractivity contribution >= 4 is 0 Å². The maximum absolute atomic E-state index is 9.59. The molecule has 0 amide bonds. The molecule has 0 aromatic heterocycles. The summed E-state index contributed by atoms with van der Waals surface area (Å²) in [6.45, 7) is 0.663. The lowest BCUT2D eigenvalue weighted by Gasteiger charge is -2.13. The molecule has 0 radical (unpaired) electrons. The molecule has 0 heterocycles. The number of aliphatic hydroxyl groups excluding tert-OH is 1. The van der Waals surface area contributed by atoms with E-state index in [-0.39, 0.29) is 6.61 Å². The molecule has 0 spiro atoms. The molecule has 0 saturated heterocycles. The van der Waals surface area contributed by atoms with Gasteiger partial charge in [0.15, 0.2) is 0 Å². The van der Waals surface area contributed by atoms with Crippen molar-refractivity contribution in [3.63, 3.8) is 0 Å². The fourth-order valence-electron chi connectivity index (χ4n) is 3.51. The zero-order valence-electron chi connectivity index (χ0n) is 16.3. The summed E-state index contributed by atoms with van der Waals surface area (Å²) in [5.74, 6) is 0.841. The molecule has 29 heavy (non-hydrogen) atoms. The van der Waals surface area contributed by atoms with Crippen LogP contribution in [-0.2, 0) is 13.0 Å². The van der Waals surface area contributed by atoms with Crippen LogP contribution in [0.3, 0.4) is 0 Å². The molecular weight excluding hydrogens is 356 g/mol. The molecule has 0 aliphatic carbocycles. The van der Waals surface area contributed by atoms with Crippen LogP contribution in [-0.4, -0.2) is 11.7 Å². The van der Waals surface area contributed by atoms with Gasteiger partial charge in [-0.05, 0) is 51.9 Å². The van der Waals surface area contributed by atoms with Gasteiger partial charge < -0.3 is 9.84 Å². The van der Waals surface area contributed by atoms with Crippen molar-refractivity contribution < 1.29 is 9.84 Å². The van der Waals surface area contributed by atoms with Gasteiger partial charge in [-0.1, -0.05) is 91.0 Å². The van der Waals surface area contributed by atoms with E-state index in [1.165, 1.54) is 5.56 Å². The van der Waals surface area contributed by atoms with Crippen molar-refractivity contribution in [1.82, 2.24) is 0 Å². The highest BCUT2D eigenvalue weighted by Crippen LogP contribution is 2.31. The van der Waals surface area contributed by atoms with Crippen molar-refractivity contribution in [3.8, 4) is 28.0 Å². The molecule has 144 valence electrons. The van der Waals surface area contributed by atoms with Crippen LogP contribution in [0.25, 0.3) is 22.3 Å². The number of benzene rings is 4. The number of rotatable bonds is 7. The molecule has 4 rings (SSSR count). The van der Waals surface area contributed by atoms with E-state index in [1.807, 2.05) is 48.5 Å². The summed E-state index contributed by atoms with van der Waals surface area (Å²) in [6.07, 6.45) is 0.616. The Labute approximate surface area is 172 Å². The first-order valence-corrected chi connectivity index (χ1v) is 9.90. The van der Waals surface area contributed by atoms with Gasteiger partial charge in [-0.25, -0.2) is 0 Å². The lowest BCUT2D eigenvalue weighted by Crippen LogP contribution is -1.97. The van der Waals surface area contributed by atoms with E-state index >= 15 is 0 Å². The van der Waals surface area contributed by atoms with Gasteiger partial charge in [0, 0.05) is 6.61 Å². The van der Waals surface area contributed by atoms with Crippen LogP contribution in [0.2, 0.25) is 0 Å². The van der Waals surface area contributed by atoms with Gasteiger partial charge >= 0.3 is 0 Å². The normalized spacial score (nSPS) is 10.7. The summed E-state index contributed by atoms with van der Waals surface area (Å²) in [7, 11) is 0. The highest BCUT2D eigenvalue weighted by Gasteiger charge is 2.09.